The van der Waals surface area contributed by atoms with E-state index in [1.807, 2.05) is 0 Å². The Labute approximate surface area is 236 Å². The number of unbranched alkanes of at least 4 members (excludes halogenated alkanes) is 1. The standard InChI is InChI=1S/C19H18P.C15H11.2FH.Hf/c1-2-3-11-20-15-12-14-7-6-9-16(18(14)13-15)17-8-4-5-10-19(17)20;1-2-6-12(7-3-1)14-10-4-8-13-9-5-11-15(13)14;;;/h4-10,12-13H,2-3,11H2,1H3;1-11H;2*1H;/q;;;;+2/p-2. The van der Waals surface area contributed by atoms with E-state index < -0.39 is 22.9 Å². The first-order valence-corrected chi connectivity index (χ1v) is 18.8. The van der Waals surface area contributed by atoms with Crippen LogP contribution in [0.25, 0.3) is 34.4 Å². The van der Waals surface area contributed by atoms with Gasteiger partial charge in [0.25, 0.3) is 0 Å². The predicted molar refractivity (Wildman–Crippen MR) is 153 cm³/mol. The van der Waals surface area contributed by atoms with Crippen molar-refractivity contribution >= 4 is 25.4 Å². The zero-order chi connectivity index (χ0) is 24.1. The molecule has 4 heteroatoms. The van der Waals surface area contributed by atoms with Crippen LogP contribution in [0.15, 0.2) is 102 Å². The van der Waals surface area contributed by atoms with Gasteiger partial charge in [0.1, 0.15) is 0 Å². The number of rotatable bonds is 6. The maximum atomic E-state index is 2.66. The molecule has 188 valence electrons. The average Bonchev–Trinajstić information content (AvgIpc) is 3.47. The summed E-state index contributed by atoms with van der Waals surface area (Å²) in [6.45, 7) is 2.34. The van der Waals surface area contributed by atoms with Crippen molar-refractivity contribution in [3.05, 3.63) is 125 Å². The van der Waals surface area contributed by atoms with Crippen LogP contribution in [0.3, 0.4) is 0 Å². The summed E-state index contributed by atoms with van der Waals surface area (Å²) < 4.78 is 1.36. The third-order valence-corrected chi connectivity index (χ3v) is 18.1. The van der Waals surface area contributed by atoms with E-state index in [-0.39, 0.29) is 17.3 Å². The van der Waals surface area contributed by atoms with Crippen LogP contribution in [-0.4, -0.2) is 6.16 Å². The largest absolute Gasteiger partial charge is 1.00 e. The first-order valence-electron chi connectivity index (χ1n) is 13.2. The molecule has 4 aromatic carbocycles. The van der Waals surface area contributed by atoms with Gasteiger partial charge in [-0.25, -0.2) is 0 Å². The van der Waals surface area contributed by atoms with Crippen LogP contribution in [0.5, 0.6) is 0 Å². The number of allylic oxidation sites excluding steroid dienone is 2. The number of benzene rings is 4. The molecule has 3 aliphatic rings. The molecule has 0 spiro atoms. The zero-order valence-electron chi connectivity index (χ0n) is 21.4. The molecule has 0 radical (unpaired) electrons. The number of halogens is 2. The van der Waals surface area contributed by atoms with Gasteiger partial charge < -0.3 is 9.41 Å². The van der Waals surface area contributed by atoms with Gasteiger partial charge in [0.2, 0.25) is 0 Å². The molecule has 3 unspecified atom stereocenters. The smallest absolute Gasteiger partial charge is 1.00 e. The Morgan fingerprint density at radius 3 is 2.24 bits per heavy atom. The van der Waals surface area contributed by atoms with Gasteiger partial charge in [-0.1, -0.05) is 0 Å². The summed E-state index contributed by atoms with van der Waals surface area (Å²) in [6.07, 6.45) is 11.6. The van der Waals surface area contributed by atoms with Crippen molar-refractivity contribution in [2.45, 2.75) is 27.1 Å². The molecule has 3 atom stereocenters. The minimum Gasteiger partial charge on any atom is -1.00 e. The van der Waals surface area contributed by atoms with Gasteiger partial charge in [-0.05, 0) is 0 Å². The van der Waals surface area contributed by atoms with Gasteiger partial charge in [-0.3, -0.25) is 0 Å². The van der Waals surface area contributed by atoms with Crippen LogP contribution in [-0.2, 0) is 22.9 Å². The molecule has 0 fully saturated rings. The summed E-state index contributed by atoms with van der Waals surface area (Å²) in [5, 5.41) is 3.43. The molecule has 0 aromatic heterocycles. The molecule has 38 heavy (non-hydrogen) atoms. The van der Waals surface area contributed by atoms with Crippen LogP contribution in [0, 0.1) is 0 Å². The van der Waals surface area contributed by atoms with E-state index in [9.17, 15) is 0 Å². The second kappa shape index (κ2) is 11.3. The average molecular weight is 685 g/mol. The minimum atomic E-state index is -1.14. The molecular weight excluding hydrogens is 656 g/mol. The molecule has 7 rings (SSSR count). The fourth-order valence-corrected chi connectivity index (χ4v) is 17.4. The van der Waals surface area contributed by atoms with Crippen LogP contribution in [0.4, 0.5) is 0 Å². The van der Waals surface area contributed by atoms with E-state index >= 15 is 0 Å². The van der Waals surface area contributed by atoms with Gasteiger partial charge in [0, 0.05) is 0 Å². The molecule has 1 aliphatic heterocycles. The van der Waals surface area contributed by atoms with Crippen molar-refractivity contribution < 1.29 is 32.3 Å². The Hall–Kier alpha value is -2.48. The van der Waals surface area contributed by atoms with Gasteiger partial charge in [-0.15, -0.1) is 0 Å². The second-order valence-electron chi connectivity index (χ2n) is 10.0. The zero-order valence-corrected chi connectivity index (χ0v) is 25.9. The van der Waals surface area contributed by atoms with Crippen molar-refractivity contribution in [2.75, 3.05) is 6.16 Å². The number of fused-ring (bicyclic) bond motifs is 3. The Morgan fingerprint density at radius 2 is 1.42 bits per heavy atom. The SMILES string of the molecule is CCCCP1C2=Cc3c(cccc3[CH]2[Hf+2][CH]2C=Cc3c(-c4ccccc4)cccc32)-c2ccccc21.[F-].[F-]. The summed E-state index contributed by atoms with van der Waals surface area (Å²) >= 11 is -1.14. The van der Waals surface area contributed by atoms with E-state index in [4.69, 9.17) is 0 Å². The van der Waals surface area contributed by atoms with Crippen LogP contribution >= 0.6 is 7.92 Å². The maximum absolute atomic E-state index is 2.66. The van der Waals surface area contributed by atoms with Crippen molar-refractivity contribution in [2.24, 2.45) is 0 Å². The summed E-state index contributed by atoms with van der Waals surface area (Å²) in [7, 11) is -0.267. The predicted octanol–water partition coefficient (Wildman–Crippen LogP) is 3.20. The van der Waals surface area contributed by atoms with Gasteiger partial charge >= 0.3 is 228 Å². The molecule has 2 bridgehead atoms. The summed E-state index contributed by atoms with van der Waals surface area (Å²) in [5.74, 6) is 0. The Kier molecular flexibility index (Phi) is 8.08. The summed E-state index contributed by atoms with van der Waals surface area (Å²) in [6, 6.07) is 34.4. The fraction of sp³-hybridized carbons (Fsp3) is 0.176. The van der Waals surface area contributed by atoms with Crippen molar-refractivity contribution in [1.29, 1.82) is 0 Å². The molecule has 4 aromatic rings. The fourth-order valence-electron chi connectivity index (χ4n) is 6.20. The third kappa shape index (κ3) is 4.42. The number of hydrogen-bond donors (Lipinski definition) is 0. The first-order chi connectivity index (χ1) is 17.8. The summed E-state index contributed by atoms with van der Waals surface area (Å²) in [5.41, 5.74) is 11.9. The molecular formula is C34H29F2HfP. The van der Waals surface area contributed by atoms with Crippen LogP contribution < -0.4 is 14.7 Å². The number of hydrogen-bond acceptors (Lipinski definition) is 0. The Morgan fingerprint density at radius 1 is 0.711 bits per heavy atom. The Bertz CT molecular complexity index is 1530. The van der Waals surface area contributed by atoms with Gasteiger partial charge in [0.05, 0.1) is 0 Å². The van der Waals surface area contributed by atoms with E-state index in [0.29, 0.717) is 7.35 Å². The topological polar surface area (TPSA) is 0 Å². The van der Waals surface area contributed by atoms with Crippen molar-refractivity contribution in [3.8, 4) is 22.3 Å². The monoisotopic (exact) mass is 686 g/mol. The molecule has 0 N–H and O–H groups in total. The van der Waals surface area contributed by atoms with Crippen LogP contribution in [0.2, 0.25) is 0 Å². The van der Waals surface area contributed by atoms with Gasteiger partial charge in [-0.2, -0.15) is 0 Å². The third-order valence-electron chi connectivity index (χ3n) is 7.93. The molecule has 2 aliphatic carbocycles. The normalized spacial score (nSPS) is 19.3. The molecule has 0 saturated carbocycles. The summed E-state index contributed by atoms with van der Waals surface area (Å²) in [4.78, 5) is 0. The quantitative estimate of drug-likeness (QED) is 0.217. The first kappa shape index (κ1) is 27.1. The van der Waals surface area contributed by atoms with E-state index in [1.54, 1.807) is 27.3 Å². The second-order valence-corrected chi connectivity index (χ2v) is 17.8. The minimum absolute atomic E-state index is 0. The maximum Gasteiger partial charge on any atom is -1.00 e. The molecule has 0 amide bonds. The molecule has 0 saturated heterocycles. The van der Waals surface area contributed by atoms with Gasteiger partial charge in [0.15, 0.2) is 0 Å². The van der Waals surface area contributed by atoms with E-state index in [0.717, 1.165) is 0 Å². The molecule has 0 nitrogen and oxygen atoms in total. The molecule has 1 heterocycles. The Balaban J connectivity index is 0.00000147. The van der Waals surface area contributed by atoms with Crippen molar-refractivity contribution in [1.82, 2.24) is 0 Å². The van der Waals surface area contributed by atoms with Crippen molar-refractivity contribution in [3.63, 3.8) is 0 Å². The van der Waals surface area contributed by atoms with E-state index in [2.05, 4.69) is 116 Å². The van der Waals surface area contributed by atoms with Crippen LogP contribution in [0.1, 0.15) is 49.4 Å². The van der Waals surface area contributed by atoms with E-state index in [1.165, 1.54) is 46.8 Å².